The number of fused-ring (bicyclic) bond motifs is 1. The molecular weight excluding hydrogens is 331 g/mol. The monoisotopic (exact) mass is 354 g/mol. The number of hydrogen-bond donors (Lipinski definition) is 1. The first-order valence-electron chi connectivity index (χ1n) is 9.18. The molecule has 2 aliphatic rings. The fraction of sp³-hybridized carbons (Fsp3) is 0.381. The molecule has 4 rings (SSSR count). The maximum Gasteiger partial charge on any atom is 0.318 e. The van der Waals surface area contributed by atoms with Crippen LogP contribution in [0.1, 0.15) is 36.9 Å². The standard InChI is InChI=1S/C21H23FN2O2/c1-14(18-7-3-4-8-19(18)22)24(16-10-11-16)21(25)23-13-17-12-15-6-2-5-9-20(15)26-17/h2-9,14,16-17H,10-13H2,1H3,(H,23,25)/t14-,17-/m1/s1. The molecule has 1 saturated carbocycles. The Morgan fingerprint density at radius 2 is 1.96 bits per heavy atom. The highest BCUT2D eigenvalue weighted by Gasteiger charge is 2.37. The van der Waals surface area contributed by atoms with Crippen molar-refractivity contribution >= 4 is 6.03 Å². The lowest BCUT2D eigenvalue weighted by Gasteiger charge is -2.30. The fourth-order valence-corrected chi connectivity index (χ4v) is 3.63. The molecule has 1 heterocycles. The molecule has 4 nitrogen and oxygen atoms in total. The van der Waals surface area contributed by atoms with Crippen molar-refractivity contribution in [3.8, 4) is 5.75 Å². The van der Waals surface area contributed by atoms with Crippen LogP contribution in [0.4, 0.5) is 9.18 Å². The zero-order valence-corrected chi connectivity index (χ0v) is 14.8. The molecule has 1 aliphatic carbocycles. The summed E-state index contributed by atoms with van der Waals surface area (Å²) in [6.45, 7) is 2.33. The van der Waals surface area contributed by atoms with Crippen LogP contribution in [-0.2, 0) is 6.42 Å². The van der Waals surface area contributed by atoms with Gasteiger partial charge in [-0.3, -0.25) is 0 Å². The Morgan fingerprint density at radius 1 is 1.23 bits per heavy atom. The summed E-state index contributed by atoms with van der Waals surface area (Å²) >= 11 is 0. The van der Waals surface area contributed by atoms with Gasteiger partial charge in [-0.25, -0.2) is 9.18 Å². The van der Waals surface area contributed by atoms with E-state index in [9.17, 15) is 9.18 Å². The summed E-state index contributed by atoms with van der Waals surface area (Å²) in [5, 5.41) is 2.99. The van der Waals surface area contributed by atoms with Crippen molar-refractivity contribution < 1.29 is 13.9 Å². The zero-order valence-electron chi connectivity index (χ0n) is 14.8. The van der Waals surface area contributed by atoms with E-state index in [1.165, 1.54) is 11.6 Å². The Kier molecular flexibility index (Phi) is 4.53. The number of carbonyl (C=O) groups excluding carboxylic acids is 1. The van der Waals surface area contributed by atoms with Gasteiger partial charge in [0.05, 0.1) is 12.6 Å². The van der Waals surface area contributed by atoms with E-state index in [0.29, 0.717) is 12.1 Å². The van der Waals surface area contributed by atoms with Gasteiger partial charge in [-0.2, -0.15) is 0 Å². The van der Waals surface area contributed by atoms with Crippen molar-refractivity contribution in [2.75, 3.05) is 6.54 Å². The largest absolute Gasteiger partial charge is 0.488 e. The molecule has 5 heteroatoms. The third kappa shape index (κ3) is 3.39. The van der Waals surface area contributed by atoms with Crippen LogP contribution in [0.5, 0.6) is 5.75 Å². The van der Waals surface area contributed by atoms with E-state index in [4.69, 9.17) is 4.74 Å². The average Bonchev–Trinajstić information content (AvgIpc) is 3.38. The van der Waals surface area contributed by atoms with Crippen molar-refractivity contribution in [3.63, 3.8) is 0 Å². The van der Waals surface area contributed by atoms with Gasteiger partial charge in [-0.05, 0) is 37.5 Å². The first-order valence-corrected chi connectivity index (χ1v) is 9.18. The molecule has 2 amide bonds. The predicted molar refractivity (Wildman–Crippen MR) is 97.6 cm³/mol. The van der Waals surface area contributed by atoms with Gasteiger partial charge in [-0.1, -0.05) is 36.4 Å². The molecule has 26 heavy (non-hydrogen) atoms. The van der Waals surface area contributed by atoms with E-state index < -0.39 is 0 Å². The van der Waals surface area contributed by atoms with Crippen LogP contribution in [0.3, 0.4) is 0 Å². The Balaban J connectivity index is 1.40. The molecule has 0 spiro atoms. The molecule has 0 aromatic heterocycles. The first kappa shape index (κ1) is 16.9. The highest BCUT2D eigenvalue weighted by atomic mass is 19.1. The number of rotatable bonds is 5. The summed E-state index contributed by atoms with van der Waals surface area (Å²) in [5.41, 5.74) is 1.73. The molecule has 136 valence electrons. The van der Waals surface area contributed by atoms with Crippen LogP contribution in [-0.4, -0.2) is 29.6 Å². The molecule has 2 atom stereocenters. The van der Waals surface area contributed by atoms with Gasteiger partial charge >= 0.3 is 6.03 Å². The second-order valence-corrected chi connectivity index (χ2v) is 7.07. The highest BCUT2D eigenvalue weighted by Crippen LogP contribution is 2.35. The second kappa shape index (κ2) is 6.98. The van der Waals surface area contributed by atoms with E-state index >= 15 is 0 Å². The van der Waals surface area contributed by atoms with Crippen molar-refractivity contribution in [2.24, 2.45) is 0 Å². The number of urea groups is 1. The lowest BCUT2D eigenvalue weighted by atomic mass is 10.1. The molecule has 0 radical (unpaired) electrons. The molecule has 0 saturated heterocycles. The third-order valence-electron chi connectivity index (χ3n) is 5.14. The van der Waals surface area contributed by atoms with Crippen molar-refractivity contribution in [1.82, 2.24) is 10.2 Å². The second-order valence-electron chi connectivity index (χ2n) is 7.07. The van der Waals surface area contributed by atoms with Gasteiger partial charge in [0.25, 0.3) is 0 Å². The minimum absolute atomic E-state index is 0.0545. The van der Waals surface area contributed by atoms with Gasteiger partial charge in [-0.15, -0.1) is 0 Å². The smallest absolute Gasteiger partial charge is 0.318 e. The van der Waals surface area contributed by atoms with Gasteiger partial charge in [0, 0.05) is 18.0 Å². The number of benzene rings is 2. The number of carbonyl (C=O) groups is 1. The molecule has 0 unspecified atom stereocenters. The minimum atomic E-state index is -0.301. The topological polar surface area (TPSA) is 41.6 Å². The summed E-state index contributed by atoms with van der Waals surface area (Å²) in [7, 11) is 0. The summed E-state index contributed by atoms with van der Waals surface area (Å²) in [6, 6.07) is 14.3. The lowest BCUT2D eigenvalue weighted by molar-refractivity contribution is 0.164. The van der Waals surface area contributed by atoms with Gasteiger partial charge in [0.15, 0.2) is 0 Å². The summed E-state index contributed by atoms with van der Waals surface area (Å²) in [5.74, 6) is 0.624. The van der Waals surface area contributed by atoms with Crippen LogP contribution >= 0.6 is 0 Å². The number of amides is 2. The number of ether oxygens (including phenoxy) is 1. The van der Waals surface area contributed by atoms with E-state index in [1.54, 1.807) is 17.0 Å². The van der Waals surface area contributed by atoms with Crippen LogP contribution in [0.15, 0.2) is 48.5 Å². The van der Waals surface area contributed by atoms with E-state index in [0.717, 1.165) is 25.0 Å². The first-order chi connectivity index (χ1) is 12.6. The SMILES string of the molecule is C[C@H](c1ccccc1F)N(C(=O)NC[C@H]1Cc2ccccc2O1)C1CC1. The normalized spacial score (nSPS) is 19.4. The molecule has 2 aromatic carbocycles. The Morgan fingerprint density at radius 3 is 2.69 bits per heavy atom. The van der Waals surface area contributed by atoms with E-state index in [2.05, 4.69) is 5.32 Å². The Bertz CT molecular complexity index is 781. The Hall–Kier alpha value is -2.56. The van der Waals surface area contributed by atoms with Gasteiger partial charge in [0.1, 0.15) is 17.7 Å². The quantitative estimate of drug-likeness (QED) is 0.880. The van der Waals surface area contributed by atoms with Crippen LogP contribution in [0, 0.1) is 5.82 Å². The number of hydrogen-bond acceptors (Lipinski definition) is 2. The van der Waals surface area contributed by atoms with Crippen LogP contribution < -0.4 is 10.1 Å². The number of nitrogens with zero attached hydrogens (tertiary/aromatic N) is 1. The van der Waals surface area contributed by atoms with Crippen molar-refractivity contribution in [1.29, 1.82) is 0 Å². The van der Waals surface area contributed by atoms with Crippen molar-refractivity contribution in [3.05, 3.63) is 65.5 Å². The summed E-state index contributed by atoms with van der Waals surface area (Å²) in [6.07, 6.45) is 2.68. The van der Waals surface area contributed by atoms with Gasteiger partial charge in [0.2, 0.25) is 0 Å². The predicted octanol–water partition coefficient (Wildman–Crippen LogP) is 4.06. The minimum Gasteiger partial charge on any atom is -0.488 e. The molecule has 2 aromatic rings. The molecule has 1 fully saturated rings. The summed E-state index contributed by atoms with van der Waals surface area (Å²) in [4.78, 5) is 14.6. The maximum atomic E-state index is 14.2. The number of para-hydroxylation sites is 1. The zero-order chi connectivity index (χ0) is 18.1. The molecule has 1 aliphatic heterocycles. The maximum absolute atomic E-state index is 14.2. The van der Waals surface area contributed by atoms with Crippen molar-refractivity contribution in [2.45, 2.75) is 44.4 Å². The van der Waals surface area contributed by atoms with Gasteiger partial charge < -0.3 is 15.0 Å². The highest BCUT2D eigenvalue weighted by molar-refractivity contribution is 5.75. The van der Waals surface area contributed by atoms with Crippen LogP contribution in [0.2, 0.25) is 0 Å². The third-order valence-corrected chi connectivity index (χ3v) is 5.14. The molecule has 0 bridgehead atoms. The fourth-order valence-electron chi connectivity index (χ4n) is 3.63. The van der Waals surface area contributed by atoms with Crippen LogP contribution in [0.25, 0.3) is 0 Å². The van der Waals surface area contributed by atoms with E-state index in [1.807, 2.05) is 37.3 Å². The van der Waals surface area contributed by atoms with E-state index in [-0.39, 0.29) is 30.0 Å². The molecular formula is C21H23FN2O2. The number of nitrogens with one attached hydrogen (secondary N) is 1. The summed E-state index contributed by atoms with van der Waals surface area (Å²) < 4.78 is 20.0. The average molecular weight is 354 g/mol. The molecule has 1 N–H and O–H groups in total. The lowest BCUT2D eigenvalue weighted by Crippen LogP contribution is -2.46. The number of halogens is 1. The Labute approximate surface area is 153 Å².